The van der Waals surface area contributed by atoms with Crippen LogP contribution in [0.15, 0.2) is 18.2 Å². The minimum Gasteiger partial charge on any atom is -0.481 e. The number of fused-ring (bicyclic) bond motifs is 1. The number of hydrogen-bond donors (Lipinski definition) is 2. The van der Waals surface area contributed by atoms with Crippen LogP contribution in [-0.4, -0.2) is 42.1 Å². The average molecular weight is 404 g/mol. The Hall–Kier alpha value is -3.16. The number of halogens is 1. The standard InChI is InChI=1S/C21H25FN2O5/c1-11(7-9-16(25)26)6-8-14-17(13(3)22)12(2)15-10-29-20(27)18(15)19(14)23-21(28)24(4)5/h6H,3,7-10H2,1-2,4-5H3,(H,23,28)(H,25,26)/b11-6+. The highest BCUT2D eigenvalue weighted by Gasteiger charge is 2.33. The van der Waals surface area contributed by atoms with Crippen LogP contribution < -0.4 is 5.32 Å². The topological polar surface area (TPSA) is 95.9 Å². The Bertz CT molecular complexity index is 918. The molecule has 2 rings (SSSR count). The molecule has 1 aliphatic rings. The van der Waals surface area contributed by atoms with Crippen molar-refractivity contribution in [1.82, 2.24) is 4.90 Å². The van der Waals surface area contributed by atoms with Crippen LogP contribution in [0.5, 0.6) is 0 Å². The van der Waals surface area contributed by atoms with Crippen LogP contribution in [0.4, 0.5) is 14.9 Å². The second-order valence-corrected chi connectivity index (χ2v) is 7.16. The molecule has 0 aliphatic carbocycles. The number of urea groups is 1. The van der Waals surface area contributed by atoms with Gasteiger partial charge in [0, 0.05) is 31.6 Å². The molecule has 0 aromatic heterocycles. The van der Waals surface area contributed by atoms with Gasteiger partial charge in [-0.2, -0.15) is 0 Å². The molecule has 0 spiro atoms. The molecule has 2 amide bonds. The molecule has 0 radical (unpaired) electrons. The first kappa shape index (κ1) is 22.1. The van der Waals surface area contributed by atoms with E-state index in [1.807, 2.05) is 0 Å². The van der Waals surface area contributed by atoms with Crippen molar-refractivity contribution in [2.75, 3.05) is 19.4 Å². The fraction of sp³-hybridized carbons (Fsp3) is 0.381. The number of nitrogens with one attached hydrogen (secondary N) is 1. The summed E-state index contributed by atoms with van der Waals surface area (Å²) < 4.78 is 19.6. The van der Waals surface area contributed by atoms with E-state index in [1.165, 1.54) is 4.90 Å². The van der Waals surface area contributed by atoms with Crippen molar-refractivity contribution < 1.29 is 28.6 Å². The number of aliphatic carboxylic acids is 1. The molecule has 8 heteroatoms. The number of allylic oxidation sites excluding steroid dienone is 2. The first-order valence-corrected chi connectivity index (χ1v) is 9.10. The number of cyclic esters (lactones) is 1. The van der Waals surface area contributed by atoms with E-state index in [9.17, 15) is 18.8 Å². The van der Waals surface area contributed by atoms with Crippen molar-refractivity contribution in [2.45, 2.75) is 39.7 Å². The maximum Gasteiger partial charge on any atom is 0.341 e. The van der Waals surface area contributed by atoms with Gasteiger partial charge in [-0.1, -0.05) is 18.2 Å². The quantitative estimate of drug-likeness (QED) is 0.528. The molecule has 1 aromatic rings. The second kappa shape index (κ2) is 8.89. The summed E-state index contributed by atoms with van der Waals surface area (Å²) in [6.07, 6.45) is 2.27. The molecule has 2 N–H and O–H groups in total. The van der Waals surface area contributed by atoms with Gasteiger partial charge in [0.15, 0.2) is 0 Å². The van der Waals surface area contributed by atoms with Gasteiger partial charge in [-0.3, -0.25) is 4.79 Å². The van der Waals surface area contributed by atoms with Crippen molar-refractivity contribution >= 4 is 29.5 Å². The van der Waals surface area contributed by atoms with Gasteiger partial charge in [0.2, 0.25) is 0 Å². The maximum absolute atomic E-state index is 14.4. The average Bonchev–Trinajstić information content (AvgIpc) is 3.02. The summed E-state index contributed by atoms with van der Waals surface area (Å²) in [7, 11) is 3.10. The number of carbonyl (C=O) groups is 3. The van der Waals surface area contributed by atoms with Crippen LogP contribution in [-0.2, 0) is 22.6 Å². The number of anilines is 1. The summed E-state index contributed by atoms with van der Waals surface area (Å²) in [5.74, 6) is -2.18. The van der Waals surface area contributed by atoms with E-state index in [0.29, 0.717) is 23.1 Å². The van der Waals surface area contributed by atoms with Crippen LogP contribution in [0.1, 0.15) is 52.4 Å². The van der Waals surface area contributed by atoms with Crippen LogP contribution in [0.2, 0.25) is 0 Å². The molecule has 1 heterocycles. The van der Waals surface area contributed by atoms with Gasteiger partial charge in [0.1, 0.15) is 12.4 Å². The van der Waals surface area contributed by atoms with E-state index in [2.05, 4.69) is 11.9 Å². The Morgan fingerprint density at radius 3 is 2.55 bits per heavy atom. The predicted molar refractivity (Wildman–Crippen MR) is 107 cm³/mol. The molecular weight excluding hydrogens is 379 g/mol. The van der Waals surface area contributed by atoms with E-state index in [1.54, 1.807) is 34.0 Å². The normalized spacial score (nSPS) is 13.0. The fourth-order valence-electron chi connectivity index (χ4n) is 3.22. The van der Waals surface area contributed by atoms with Gasteiger partial charge in [0.25, 0.3) is 0 Å². The van der Waals surface area contributed by atoms with Gasteiger partial charge in [-0.05, 0) is 37.8 Å². The highest BCUT2D eigenvalue weighted by molar-refractivity contribution is 6.06. The van der Waals surface area contributed by atoms with Gasteiger partial charge < -0.3 is 20.1 Å². The van der Waals surface area contributed by atoms with E-state index in [4.69, 9.17) is 9.84 Å². The van der Waals surface area contributed by atoms with Gasteiger partial charge in [-0.15, -0.1) is 0 Å². The number of benzene rings is 1. The number of carbonyl (C=O) groups excluding carboxylic acids is 2. The van der Waals surface area contributed by atoms with Crippen LogP contribution >= 0.6 is 0 Å². The van der Waals surface area contributed by atoms with E-state index < -0.39 is 23.8 Å². The number of carboxylic acids is 1. The zero-order valence-electron chi connectivity index (χ0n) is 17.0. The monoisotopic (exact) mass is 404 g/mol. The minimum absolute atomic E-state index is 0.00112. The maximum atomic E-state index is 14.4. The number of esters is 1. The fourth-order valence-corrected chi connectivity index (χ4v) is 3.22. The van der Waals surface area contributed by atoms with Crippen LogP contribution in [0.25, 0.3) is 5.83 Å². The Kier molecular flexibility index (Phi) is 6.79. The first-order valence-electron chi connectivity index (χ1n) is 9.10. The molecular formula is C21H25FN2O5. The smallest absolute Gasteiger partial charge is 0.341 e. The third kappa shape index (κ3) is 4.82. The Labute approximate surface area is 168 Å². The Balaban J connectivity index is 2.63. The summed E-state index contributed by atoms with van der Waals surface area (Å²) in [6.45, 7) is 6.88. The summed E-state index contributed by atoms with van der Waals surface area (Å²) in [5.41, 5.74) is 2.89. The predicted octanol–water partition coefficient (Wildman–Crippen LogP) is 4.05. The highest BCUT2D eigenvalue weighted by Crippen LogP contribution is 2.40. The van der Waals surface area contributed by atoms with E-state index in [0.717, 1.165) is 5.57 Å². The summed E-state index contributed by atoms with van der Waals surface area (Å²) >= 11 is 0. The van der Waals surface area contributed by atoms with Gasteiger partial charge >= 0.3 is 18.0 Å². The molecule has 29 heavy (non-hydrogen) atoms. The largest absolute Gasteiger partial charge is 0.481 e. The van der Waals surface area contributed by atoms with Crippen molar-refractivity contribution in [3.63, 3.8) is 0 Å². The Morgan fingerprint density at radius 2 is 2.00 bits per heavy atom. The summed E-state index contributed by atoms with van der Waals surface area (Å²) in [6, 6.07) is -0.473. The number of carboxylic acid groups (broad SMARTS) is 1. The number of hydrogen-bond acceptors (Lipinski definition) is 4. The molecule has 0 fully saturated rings. The zero-order chi connectivity index (χ0) is 21.9. The van der Waals surface area contributed by atoms with E-state index >= 15 is 0 Å². The molecule has 1 aliphatic heterocycles. The molecule has 0 unspecified atom stereocenters. The molecule has 1 aromatic carbocycles. The van der Waals surface area contributed by atoms with Crippen molar-refractivity contribution in [3.05, 3.63) is 46.0 Å². The molecule has 0 saturated heterocycles. The third-order valence-corrected chi connectivity index (χ3v) is 4.83. The lowest BCUT2D eigenvalue weighted by molar-refractivity contribution is -0.136. The Morgan fingerprint density at radius 1 is 1.34 bits per heavy atom. The lowest BCUT2D eigenvalue weighted by Gasteiger charge is -2.21. The lowest BCUT2D eigenvalue weighted by atomic mass is 9.88. The van der Waals surface area contributed by atoms with Crippen LogP contribution in [0, 0.1) is 6.92 Å². The van der Waals surface area contributed by atoms with Crippen molar-refractivity contribution in [3.8, 4) is 0 Å². The van der Waals surface area contributed by atoms with Crippen molar-refractivity contribution in [2.24, 2.45) is 0 Å². The highest BCUT2D eigenvalue weighted by atomic mass is 19.1. The SMILES string of the molecule is C=C(F)c1c(C)c2c(c(NC(=O)N(C)C)c1C/C=C(\C)CCC(=O)O)C(=O)OC2. The van der Waals surface area contributed by atoms with Crippen LogP contribution in [0.3, 0.4) is 0 Å². The second-order valence-electron chi connectivity index (χ2n) is 7.16. The zero-order valence-corrected chi connectivity index (χ0v) is 17.0. The molecule has 156 valence electrons. The lowest BCUT2D eigenvalue weighted by Crippen LogP contribution is -2.29. The minimum atomic E-state index is -0.911. The summed E-state index contributed by atoms with van der Waals surface area (Å²) in [5, 5.41) is 11.5. The molecule has 0 atom stereocenters. The first-order chi connectivity index (χ1) is 13.5. The number of ether oxygens (including phenoxy) is 1. The number of rotatable bonds is 7. The number of amides is 2. The van der Waals surface area contributed by atoms with Gasteiger partial charge in [-0.25, -0.2) is 14.0 Å². The number of nitrogens with zero attached hydrogens (tertiary/aromatic N) is 1. The van der Waals surface area contributed by atoms with E-state index in [-0.39, 0.29) is 36.3 Å². The summed E-state index contributed by atoms with van der Waals surface area (Å²) in [4.78, 5) is 36.8. The molecule has 0 saturated carbocycles. The van der Waals surface area contributed by atoms with Gasteiger partial charge in [0.05, 0.1) is 11.3 Å². The molecule has 7 nitrogen and oxygen atoms in total. The van der Waals surface area contributed by atoms with Crippen molar-refractivity contribution in [1.29, 1.82) is 0 Å². The molecule has 0 bridgehead atoms. The third-order valence-electron chi connectivity index (χ3n) is 4.83.